The molecule has 0 saturated carbocycles. The third-order valence-corrected chi connectivity index (χ3v) is 3.21. The summed E-state index contributed by atoms with van der Waals surface area (Å²) in [7, 11) is 1.68. The van der Waals surface area contributed by atoms with Crippen LogP contribution in [0.1, 0.15) is 24.8 Å². The predicted molar refractivity (Wildman–Crippen MR) is 66.3 cm³/mol. The van der Waals surface area contributed by atoms with Crippen LogP contribution in [-0.2, 0) is 11.2 Å². The van der Waals surface area contributed by atoms with Gasteiger partial charge in [-0.3, -0.25) is 0 Å². The summed E-state index contributed by atoms with van der Waals surface area (Å²) >= 11 is 0. The van der Waals surface area contributed by atoms with Crippen LogP contribution < -0.4 is 4.74 Å². The molecule has 3 nitrogen and oxygen atoms in total. The summed E-state index contributed by atoms with van der Waals surface area (Å²) in [5.41, 5.74) is 1.32. The number of methoxy groups -OCH3 is 1. The van der Waals surface area contributed by atoms with Crippen molar-refractivity contribution in [1.82, 2.24) is 0 Å². The molecule has 1 aliphatic rings. The van der Waals surface area contributed by atoms with Crippen LogP contribution in [0.5, 0.6) is 5.75 Å². The fraction of sp³-hybridized carbons (Fsp3) is 0.571. The Balaban J connectivity index is 1.68. The van der Waals surface area contributed by atoms with E-state index in [4.69, 9.17) is 14.6 Å². The predicted octanol–water partition coefficient (Wildman–Crippen LogP) is 2.17. The van der Waals surface area contributed by atoms with Crippen molar-refractivity contribution in [1.29, 1.82) is 0 Å². The van der Waals surface area contributed by atoms with Crippen LogP contribution in [0.15, 0.2) is 24.3 Å². The number of epoxide rings is 1. The molecule has 1 N–H and O–H groups in total. The molecule has 1 aromatic carbocycles. The highest BCUT2D eigenvalue weighted by Crippen LogP contribution is 2.30. The summed E-state index contributed by atoms with van der Waals surface area (Å²) in [6.45, 7) is 0.269. The largest absolute Gasteiger partial charge is 0.497 e. The number of rotatable bonds is 7. The molecule has 0 bridgehead atoms. The normalized spacial score (nSPS) is 22.5. The van der Waals surface area contributed by atoms with Gasteiger partial charge in [0.15, 0.2) is 0 Å². The van der Waals surface area contributed by atoms with Crippen molar-refractivity contribution < 1.29 is 14.6 Å². The Morgan fingerprint density at radius 1 is 1.18 bits per heavy atom. The quantitative estimate of drug-likeness (QED) is 0.738. The Bertz CT molecular complexity index is 334. The van der Waals surface area contributed by atoms with Crippen molar-refractivity contribution in [2.75, 3.05) is 13.7 Å². The van der Waals surface area contributed by atoms with Gasteiger partial charge in [0.05, 0.1) is 19.3 Å². The fourth-order valence-electron chi connectivity index (χ4n) is 2.08. The molecule has 1 fully saturated rings. The molecule has 0 aliphatic carbocycles. The van der Waals surface area contributed by atoms with Gasteiger partial charge >= 0.3 is 0 Å². The molecular weight excluding hydrogens is 216 g/mol. The van der Waals surface area contributed by atoms with Crippen LogP contribution in [0.4, 0.5) is 0 Å². The summed E-state index contributed by atoms with van der Waals surface area (Å²) in [5, 5.41) is 8.72. The lowest BCUT2D eigenvalue weighted by Gasteiger charge is -2.02. The molecule has 3 heteroatoms. The second-order valence-electron chi connectivity index (χ2n) is 4.47. The third kappa shape index (κ3) is 3.72. The SMILES string of the molecule is COc1ccc(CCC2OC2CCCO)cc1. The number of aliphatic hydroxyl groups is 1. The van der Waals surface area contributed by atoms with Crippen molar-refractivity contribution in [2.24, 2.45) is 0 Å². The van der Waals surface area contributed by atoms with E-state index in [-0.39, 0.29) is 6.61 Å². The molecule has 0 radical (unpaired) electrons. The van der Waals surface area contributed by atoms with E-state index in [2.05, 4.69) is 12.1 Å². The monoisotopic (exact) mass is 236 g/mol. The fourth-order valence-corrected chi connectivity index (χ4v) is 2.08. The van der Waals surface area contributed by atoms with Gasteiger partial charge in [-0.1, -0.05) is 12.1 Å². The van der Waals surface area contributed by atoms with Crippen molar-refractivity contribution in [3.63, 3.8) is 0 Å². The lowest BCUT2D eigenvalue weighted by molar-refractivity contribution is 0.272. The first-order chi connectivity index (χ1) is 8.33. The average Bonchev–Trinajstić information content (AvgIpc) is 3.13. The molecule has 94 valence electrons. The topological polar surface area (TPSA) is 42.0 Å². The first-order valence-electron chi connectivity index (χ1n) is 6.22. The molecule has 1 heterocycles. The van der Waals surface area contributed by atoms with Gasteiger partial charge in [0.1, 0.15) is 5.75 Å². The zero-order chi connectivity index (χ0) is 12.1. The van der Waals surface area contributed by atoms with Crippen LogP contribution in [0.2, 0.25) is 0 Å². The van der Waals surface area contributed by atoms with Crippen molar-refractivity contribution >= 4 is 0 Å². The second kappa shape index (κ2) is 6.03. The Labute approximate surface area is 102 Å². The standard InChI is InChI=1S/C14H20O3/c1-16-12-7-4-11(5-8-12)6-9-14-13(17-14)3-2-10-15/h4-5,7-8,13-15H,2-3,6,9-10H2,1H3. The van der Waals surface area contributed by atoms with E-state index in [1.165, 1.54) is 5.56 Å². The van der Waals surface area contributed by atoms with Crippen molar-refractivity contribution in [3.05, 3.63) is 29.8 Å². The van der Waals surface area contributed by atoms with Gasteiger partial charge in [-0.15, -0.1) is 0 Å². The number of benzene rings is 1. The summed E-state index contributed by atoms with van der Waals surface area (Å²) in [5.74, 6) is 0.900. The molecule has 1 aliphatic heterocycles. The van der Waals surface area contributed by atoms with Crippen LogP contribution in [0.3, 0.4) is 0 Å². The molecule has 2 rings (SSSR count). The van der Waals surface area contributed by atoms with Crippen LogP contribution in [-0.4, -0.2) is 31.0 Å². The first kappa shape index (κ1) is 12.4. The summed E-state index contributed by atoms with van der Waals surface area (Å²) in [6.07, 6.45) is 4.75. The molecule has 17 heavy (non-hydrogen) atoms. The van der Waals surface area contributed by atoms with Crippen molar-refractivity contribution in [3.8, 4) is 5.75 Å². The Morgan fingerprint density at radius 3 is 2.53 bits per heavy atom. The van der Waals surface area contributed by atoms with E-state index in [1.807, 2.05) is 12.1 Å². The molecule has 0 amide bonds. The number of hydrogen-bond acceptors (Lipinski definition) is 3. The van der Waals surface area contributed by atoms with E-state index in [1.54, 1.807) is 7.11 Å². The summed E-state index contributed by atoms with van der Waals surface area (Å²) in [4.78, 5) is 0. The van der Waals surface area contributed by atoms with Gasteiger partial charge in [-0.2, -0.15) is 0 Å². The van der Waals surface area contributed by atoms with Crippen LogP contribution in [0, 0.1) is 0 Å². The lowest BCUT2D eigenvalue weighted by Crippen LogP contribution is -1.98. The molecule has 1 saturated heterocycles. The Kier molecular flexibility index (Phi) is 4.40. The number of aryl methyl sites for hydroxylation is 1. The second-order valence-corrected chi connectivity index (χ2v) is 4.47. The molecule has 0 aromatic heterocycles. The zero-order valence-electron chi connectivity index (χ0n) is 10.3. The molecule has 0 spiro atoms. The van der Waals surface area contributed by atoms with E-state index in [0.717, 1.165) is 31.4 Å². The maximum Gasteiger partial charge on any atom is 0.118 e. The van der Waals surface area contributed by atoms with Gasteiger partial charge in [0.2, 0.25) is 0 Å². The van der Waals surface area contributed by atoms with Gasteiger partial charge < -0.3 is 14.6 Å². The summed E-state index contributed by atoms with van der Waals surface area (Å²) < 4.78 is 10.7. The maximum absolute atomic E-state index is 8.72. The van der Waals surface area contributed by atoms with Crippen molar-refractivity contribution in [2.45, 2.75) is 37.9 Å². The van der Waals surface area contributed by atoms with E-state index < -0.39 is 0 Å². The highest BCUT2D eigenvalue weighted by molar-refractivity contribution is 5.27. The smallest absolute Gasteiger partial charge is 0.118 e. The van der Waals surface area contributed by atoms with Crippen LogP contribution >= 0.6 is 0 Å². The maximum atomic E-state index is 8.72. The molecular formula is C14H20O3. The number of hydrogen-bond donors (Lipinski definition) is 1. The van der Waals surface area contributed by atoms with E-state index in [0.29, 0.717) is 12.2 Å². The van der Waals surface area contributed by atoms with Gasteiger partial charge in [0, 0.05) is 6.61 Å². The Hall–Kier alpha value is -1.06. The van der Waals surface area contributed by atoms with Gasteiger partial charge in [-0.05, 0) is 43.4 Å². The lowest BCUT2D eigenvalue weighted by atomic mass is 10.1. The minimum Gasteiger partial charge on any atom is -0.497 e. The van der Waals surface area contributed by atoms with Gasteiger partial charge in [0.25, 0.3) is 0 Å². The third-order valence-electron chi connectivity index (χ3n) is 3.21. The zero-order valence-corrected chi connectivity index (χ0v) is 10.3. The number of aliphatic hydroxyl groups excluding tert-OH is 1. The highest BCUT2D eigenvalue weighted by Gasteiger charge is 2.36. The van der Waals surface area contributed by atoms with E-state index >= 15 is 0 Å². The van der Waals surface area contributed by atoms with Gasteiger partial charge in [-0.25, -0.2) is 0 Å². The molecule has 1 aromatic rings. The molecule has 2 atom stereocenters. The Morgan fingerprint density at radius 2 is 1.88 bits per heavy atom. The minimum atomic E-state index is 0.269. The van der Waals surface area contributed by atoms with E-state index in [9.17, 15) is 0 Å². The summed E-state index contributed by atoms with van der Waals surface area (Å²) in [6, 6.07) is 8.19. The molecule has 2 unspecified atom stereocenters. The first-order valence-corrected chi connectivity index (χ1v) is 6.22. The minimum absolute atomic E-state index is 0.269. The number of ether oxygens (including phenoxy) is 2. The average molecular weight is 236 g/mol. The van der Waals surface area contributed by atoms with Crippen LogP contribution in [0.25, 0.3) is 0 Å². The highest BCUT2D eigenvalue weighted by atomic mass is 16.6.